The van der Waals surface area contributed by atoms with Gasteiger partial charge in [0.2, 0.25) is 0 Å². The van der Waals surface area contributed by atoms with Crippen LogP contribution >= 0.6 is 0 Å². The van der Waals surface area contributed by atoms with Gasteiger partial charge in [0.05, 0.1) is 11.0 Å². The number of aromatic nitrogens is 1. The van der Waals surface area contributed by atoms with Crippen molar-refractivity contribution in [2.75, 3.05) is 0 Å². The molecule has 2 heterocycles. The lowest BCUT2D eigenvalue weighted by atomic mass is 9.80. The van der Waals surface area contributed by atoms with Gasteiger partial charge < -0.3 is 8.98 Å². The van der Waals surface area contributed by atoms with Crippen LogP contribution in [0.1, 0.15) is 25.0 Å². The van der Waals surface area contributed by atoms with E-state index in [1.807, 2.05) is 0 Å². The molecule has 2 nitrogen and oxygen atoms in total. The van der Waals surface area contributed by atoms with Gasteiger partial charge in [0.1, 0.15) is 11.2 Å². The first-order valence-electron chi connectivity index (χ1n) is 22.7. The Bertz CT molecular complexity index is 4090. The van der Waals surface area contributed by atoms with Gasteiger partial charge in [-0.05, 0) is 143 Å². The van der Waals surface area contributed by atoms with Gasteiger partial charge >= 0.3 is 0 Å². The van der Waals surface area contributed by atoms with Crippen LogP contribution in [0, 0.1) is 0 Å². The smallest absolute Gasteiger partial charge is 0.135 e. The summed E-state index contributed by atoms with van der Waals surface area (Å²) in [5, 5.41) is 12.6. The Kier molecular flexibility index (Phi) is 7.49. The van der Waals surface area contributed by atoms with Gasteiger partial charge in [-0.2, -0.15) is 0 Å². The van der Waals surface area contributed by atoms with Gasteiger partial charge in [-0.1, -0.05) is 172 Å². The highest BCUT2D eigenvalue weighted by Crippen LogP contribution is 2.54. The number of rotatable bonds is 4. The molecule has 0 saturated heterocycles. The van der Waals surface area contributed by atoms with Crippen LogP contribution in [0.4, 0.5) is 0 Å². The van der Waals surface area contributed by atoms with E-state index in [0.29, 0.717) is 0 Å². The summed E-state index contributed by atoms with van der Waals surface area (Å²) in [6.45, 7) is 4.76. The van der Waals surface area contributed by atoms with Crippen LogP contribution in [0.3, 0.4) is 0 Å². The predicted molar refractivity (Wildman–Crippen MR) is 274 cm³/mol. The Morgan fingerprint density at radius 2 is 0.815 bits per heavy atom. The third-order valence-electron chi connectivity index (χ3n) is 14.6. The maximum absolute atomic E-state index is 6.41. The lowest BCUT2D eigenvalue weighted by molar-refractivity contribution is 0.656. The Labute approximate surface area is 376 Å². The molecule has 0 amide bonds. The summed E-state index contributed by atoms with van der Waals surface area (Å²) in [7, 11) is 0. The second-order valence-corrected chi connectivity index (χ2v) is 18.4. The molecule has 0 aliphatic heterocycles. The maximum atomic E-state index is 6.41. The summed E-state index contributed by atoms with van der Waals surface area (Å²) in [4.78, 5) is 0. The molecule has 2 heteroatoms. The van der Waals surface area contributed by atoms with Gasteiger partial charge in [0.15, 0.2) is 0 Å². The average molecular weight is 828 g/mol. The third-order valence-corrected chi connectivity index (χ3v) is 14.6. The summed E-state index contributed by atoms with van der Waals surface area (Å²) in [5.74, 6) is 0. The van der Waals surface area contributed by atoms with E-state index in [4.69, 9.17) is 4.42 Å². The van der Waals surface area contributed by atoms with E-state index in [-0.39, 0.29) is 5.41 Å². The number of nitrogens with zero attached hydrogens (tertiary/aromatic N) is 1. The quantitative estimate of drug-likeness (QED) is 0.162. The normalized spacial score (nSPS) is 13.2. The van der Waals surface area contributed by atoms with Gasteiger partial charge in [0.25, 0.3) is 0 Å². The first-order chi connectivity index (χ1) is 32.0. The second kappa shape index (κ2) is 13.4. The molecular weight excluding hydrogens is 787 g/mol. The molecule has 65 heavy (non-hydrogen) atoms. The summed E-state index contributed by atoms with van der Waals surface area (Å²) in [5.41, 5.74) is 17.7. The summed E-state index contributed by atoms with van der Waals surface area (Å²) in [6, 6.07) is 78.5. The van der Waals surface area contributed by atoms with E-state index >= 15 is 0 Å². The number of furan rings is 1. The number of hydrogen-bond donors (Lipinski definition) is 0. The first kappa shape index (κ1) is 36.3. The number of fused-ring (bicyclic) bond motifs is 16. The minimum Gasteiger partial charge on any atom is -0.456 e. The van der Waals surface area contributed by atoms with Crippen molar-refractivity contribution in [3.63, 3.8) is 0 Å². The molecule has 0 radical (unpaired) electrons. The maximum Gasteiger partial charge on any atom is 0.135 e. The Balaban J connectivity index is 0.965. The molecule has 13 aromatic rings. The molecular formula is C63H41NO. The van der Waals surface area contributed by atoms with E-state index in [9.17, 15) is 0 Å². The molecule has 304 valence electrons. The van der Waals surface area contributed by atoms with Crippen LogP contribution in [0.5, 0.6) is 0 Å². The van der Waals surface area contributed by atoms with Crippen LogP contribution in [0.15, 0.2) is 217 Å². The van der Waals surface area contributed by atoms with Crippen molar-refractivity contribution < 1.29 is 4.42 Å². The topological polar surface area (TPSA) is 18.1 Å². The fraction of sp³-hybridized carbons (Fsp3) is 0.0476. The van der Waals surface area contributed by atoms with Gasteiger partial charge in [-0.3, -0.25) is 0 Å². The van der Waals surface area contributed by atoms with Crippen molar-refractivity contribution in [2.24, 2.45) is 0 Å². The van der Waals surface area contributed by atoms with Crippen LogP contribution < -0.4 is 0 Å². The van der Waals surface area contributed by atoms with E-state index in [2.05, 4.69) is 231 Å². The van der Waals surface area contributed by atoms with Crippen LogP contribution in [0.2, 0.25) is 0 Å². The zero-order chi connectivity index (χ0) is 43.0. The van der Waals surface area contributed by atoms with Crippen molar-refractivity contribution in [3.8, 4) is 50.2 Å². The van der Waals surface area contributed by atoms with E-state index in [0.717, 1.165) is 16.9 Å². The highest BCUT2D eigenvalue weighted by Gasteiger charge is 2.38. The lowest BCUT2D eigenvalue weighted by Crippen LogP contribution is -2.15. The molecule has 1 aliphatic carbocycles. The zero-order valence-electron chi connectivity index (χ0n) is 36.1. The fourth-order valence-electron chi connectivity index (χ4n) is 11.5. The predicted octanol–water partition coefficient (Wildman–Crippen LogP) is 17.4. The van der Waals surface area contributed by atoms with Gasteiger partial charge in [-0.15, -0.1) is 0 Å². The zero-order valence-corrected chi connectivity index (χ0v) is 36.1. The molecule has 0 saturated carbocycles. The number of para-hydroxylation sites is 1. The SMILES string of the molecule is CC1(C)c2cc(-n3c4ccc(-c5ccc(-c6ccccc6)cc5)cc4c4cc(-c5ccc6c7ccccc7c7ccccc7c6c5)ccc43)ccc2-c2ccc3oc4ccccc4c3c21. The fourth-order valence-corrected chi connectivity index (χ4v) is 11.5. The van der Waals surface area contributed by atoms with Crippen LogP contribution in [-0.4, -0.2) is 4.57 Å². The summed E-state index contributed by atoms with van der Waals surface area (Å²) < 4.78 is 8.90. The van der Waals surface area contributed by atoms with E-state index in [1.165, 1.54) is 121 Å². The molecule has 1 aliphatic rings. The van der Waals surface area contributed by atoms with Crippen molar-refractivity contribution in [2.45, 2.75) is 19.3 Å². The highest BCUT2D eigenvalue weighted by atomic mass is 16.3. The molecule has 0 atom stereocenters. The number of hydrogen-bond acceptors (Lipinski definition) is 1. The summed E-state index contributed by atoms with van der Waals surface area (Å²) >= 11 is 0. The molecule has 0 N–H and O–H groups in total. The minimum atomic E-state index is -0.247. The van der Waals surface area contributed by atoms with Crippen molar-refractivity contribution >= 4 is 76.1 Å². The van der Waals surface area contributed by atoms with Crippen LogP contribution in [0.25, 0.3) is 126 Å². The largest absolute Gasteiger partial charge is 0.456 e. The monoisotopic (exact) mass is 827 g/mol. The molecule has 0 bridgehead atoms. The van der Waals surface area contributed by atoms with E-state index in [1.54, 1.807) is 0 Å². The molecule has 2 aromatic heterocycles. The molecule has 11 aromatic carbocycles. The number of benzene rings is 11. The second-order valence-electron chi connectivity index (χ2n) is 18.4. The van der Waals surface area contributed by atoms with Gasteiger partial charge in [0, 0.05) is 32.6 Å². The Morgan fingerprint density at radius 1 is 0.338 bits per heavy atom. The average Bonchev–Trinajstić information content (AvgIpc) is 3.98. The molecule has 0 fully saturated rings. The first-order valence-corrected chi connectivity index (χ1v) is 22.7. The van der Waals surface area contributed by atoms with Crippen molar-refractivity contribution in [1.82, 2.24) is 4.57 Å². The Morgan fingerprint density at radius 3 is 1.48 bits per heavy atom. The minimum absolute atomic E-state index is 0.247. The lowest BCUT2D eigenvalue weighted by Gasteiger charge is -2.23. The third kappa shape index (κ3) is 5.23. The molecule has 0 unspecified atom stereocenters. The van der Waals surface area contributed by atoms with E-state index < -0.39 is 0 Å². The Hall–Kier alpha value is -8.20. The van der Waals surface area contributed by atoms with Crippen molar-refractivity contribution in [1.29, 1.82) is 0 Å². The highest BCUT2D eigenvalue weighted by molar-refractivity contribution is 6.26. The van der Waals surface area contributed by atoms with Crippen molar-refractivity contribution in [3.05, 3.63) is 223 Å². The summed E-state index contributed by atoms with van der Waals surface area (Å²) in [6.07, 6.45) is 0. The molecule has 14 rings (SSSR count). The molecule has 0 spiro atoms. The van der Waals surface area contributed by atoms with Gasteiger partial charge in [-0.25, -0.2) is 0 Å². The van der Waals surface area contributed by atoms with Crippen LogP contribution in [-0.2, 0) is 5.41 Å². The standard InChI is InChI=1S/C63H41NO/c1-63(2)56-37-44(27-29-50(56)51-30-33-60-61(62(51)63)52-18-10-11-19-59(52)65-60)64-57-31-25-41(40-22-20-39(21-23-40)38-12-4-3-5-13-38)35-54(57)55-36-43(26-32-58(55)64)42-24-28-49-47-16-7-6-14-45(47)46-15-8-9-17-48(46)53(49)34-42/h3-37H,1-2H3.